The van der Waals surface area contributed by atoms with Crippen LogP contribution in [-0.4, -0.2) is 47.2 Å². The fourth-order valence-electron chi connectivity index (χ4n) is 3.29. The molecule has 0 amide bonds. The molecule has 0 spiro atoms. The summed E-state index contributed by atoms with van der Waals surface area (Å²) in [5.74, 6) is 0.547. The van der Waals surface area contributed by atoms with Crippen molar-refractivity contribution in [2.75, 3.05) is 37.6 Å². The van der Waals surface area contributed by atoms with E-state index in [1.807, 2.05) is 6.07 Å². The number of benzene rings is 1. The molecular formula is C21H26N4O. The maximum absolute atomic E-state index is 12.5. The van der Waals surface area contributed by atoms with Gasteiger partial charge in [0.15, 0.2) is 5.82 Å². The van der Waals surface area contributed by atoms with Gasteiger partial charge in [-0.25, -0.2) is 4.98 Å². The Kier molecular flexibility index (Phi) is 6.02. The number of aromatic nitrogens is 2. The summed E-state index contributed by atoms with van der Waals surface area (Å²) >= 11 is 0. The smallest absolute Gasteiger partial charge is 0.293 e. The molecule has 0 atom stereocenters. The second-order valence-corrected chi connectivity index (χ2v) is 6.66. The quantitative estimate of drug-likeness (QED) is 0.751. The summed E-state index contributed by atoms with van der Waals surface area (Å²) < 4.78 is 1.65. The van der Waals surface area contributed by atoms with Gasteiger partial charge in [0.2, 0.25) is 0 Å². The van der Waals surface area contributed by atoms with Crippen LogP contribution in [0.1, 0.15) is 12.5 Å². The van der Waals surface area contributed by atoms with E-state index in [-0.39, 0.29) is 5.56 Å². The van der Waals surface area contributed by atoms with E-state index < -0.39 is 0 Å². The van der Waals surface area contributed by atoms with Crippen molar-refractivity contribution in [3.05, 3.63) is 76.9 Å². The fourth-order valence-corrected chi connectivity index (χ4v) is 3.29. The van der Waals surface area contributed by atoms with Gasteiger partial charge in [-0.1, -0.05) is 48.1 Å². The Hall–Kier alpha value is -2.66. The maximum Gasteiger partial charge on any atom is 0.293 e. The number of hydrogen-bond donors (Lipinski definition) is 0. The van der Waals surface area contributed by atoms with Crippen molar-refractivity contribution in [1.29, 1.82) is 0 Å². The first-order valence-electron chi connectivity index (χ1n) is 9.03. The van der Waals surface area contributed by atoms with Crippen LogP contribution in [0.2, 0.25) is 0 Å². The molecule has 136 valence electrons. The van der Waals surface area contributed by atoms with Crippen molar-refractivity contribution in [3.63, 3.8) is 0 Å². The van der Waals surface area contributed by atoms with Gasteiger partial charge in [0.1, 0.15) is 0 Å². The molecule has 0 saturated carbocycles. The SMILES string of the molecule is C=CCn1ccnc(N2CCN(CC(C)=Cc3ccccc3)CC2)c1=O. The molecule has 5 heteroatoms. The molecule has 0 bridgehead atoms. The molecule has 0 radical (unpaired) electrons. The Bertz CT molecular complexity index is 817. The zero-order chi connectivity index (χ0) is 18.4. The molecular weight excluding hydrogens is 324 g/mol. The Labute approximate surface area is 154 Å². The van der Waals surface area contributed by atoms with Crippen molar-refractivity contribution in [1.82, 2.24) is 14.5 Å². The predicted octanol–water partition coefficient (Wildman–Crippen LogP) is 2.65. The number of allylic oxidation sites excluding steroid dienone is 1. The largest absolute Gasteiger partial charge is 0.349 e. The minimum atomic E-state index is -0.0407. The minimum absolute atomic E-state index is 0.0407. The summed E-state index contributed by atoms with van der Waals surface area (Å²) in [4.78, 5) is 21.3. The zero-order valence-electron chi connectivity index (χ0n) is 15.3. The average Bonchev–Trinajstić information content (AvgIpc) is 2.65. The molecule has 1 aromatic heterocycles. The van der Waals surface area contributed by atoms with Gasteiger partial charge < -0.3 is 9.47 Å². The highest BCUT2D eigenvalue weighted by Gasteiger charge is 2.20. The highest BCUT2D eigenvalue weighted by atomic mass is 16.1. The van der Waals surface area contributed by atoms with Gasteiger partial charge in [-0.3, -0.25) is 9.69 Å². The van der Waals surface area contributed by atoms with Crippen molar-refractivity contribution in [2.24, 2.45) is 0 Å². The molecule has 1 saturated heterocycles. The van der Waals surface area contributed by atoms with E-state index in [2.05, 4.69) is 58.6 Å². The van der Waals surface area contributed by atoms with Crippen LogP contribution in [0.5, 0.6) is 0 Å². The zero-order valence-corrected chi connectivity index (χ0v) is 15.3. The van der Waals surface area contributed by atoms with Gasteiger partial charge in [0.05, 0.1) is 0 Å². The first kappa shape index (κ1) is 18.1. The van der Waals surface area contributed by atoms with Crippen LogP contribution >= 0.6 is 0 Å². The second kappa shape index (κ2) is 8.63. The summed E-state index contributed by atoms with van der Waals surface area (Å²) in [6.45, 7) is 10.8. The predicted molar refractivity (Wildman–Crippen MR) is 107 cm³/mol. The number of rotatable bonds is 6. The minimum Gasteiger partial charge on any atom is -0.349 e. The fraction of sp³-hybridized carbons (Fsp3) is 0.333. The lowest BCUT2D eigenvalue weighted by molar-refractivity contribution is 0.278. The Morgan fingerprint density at radius 2 is 1.92 bits per heavy atom. The molecule has 1 aromatic carbocycles. The van der Waals surface area contributed by atoms with Gasteiger partial charge in [0.25, 0.3) is 5.56 Å². The monoisotopic (exact) mass is 350 g/mol. The molecule has 0 N–H and O–H groups in total. The molecule has 1 fully saturated rings. The van der Waals surface area contributed by atoms with Crippen LogP contribution in [0.3, 0.4) is 0 Å². The normalized spacial score (nSPS) is 15.9. The molecule has 5 nitrogen and oxygen atoms in total. The van der Waals surface area contributed by atoms with Crippen molar-refractivity contribution in [3.8, 4) is 0 Å². The van der Waals surface area contributed by atoms with E-state index in [0.29, 0.717) is 12.4 Å². The maximum atomic E-state index is 12.5. The van der Waals surface area contributed by atoms with Crippen LogP contribution in [-0.2, 0) is 6.54 Å². The van der Waals surface area contributed by atoms with Crippen molar-refractivity contribution in [2.45, 2.75) is 13.5 Å². The lowest BCUT2D eigenvalue weighted by Gasteiger charge is -2.35. The molecule has 2 heterocycles. The van der Waals surface area contributed by atoms with E-state index >= 15 is 0 Å². The van der Waals surface area contributed by atoms with E-state index in [9.17, 15) is 4.79 Å². The highest BCUT2D eigenvalue weighted by Crippen LogP contribution is 2.12. The summed E-state index contributed by atoms with van der Waals surface area (Å²) in [5, 5.41) is 0. The van der Waals surface area contributed by atoms with Crippen LogP contribution < -0.4 is 10.5 Å². The number of nitrogens with zero attached hydrogens (tertiary/aromatic N) is 4. The molecule has 2 aromatic rings. The van der Waals surface area contributed by atoms with Crippen LogP contribution in [0, 0.1) is 0 Å². The molecule has 1 aliphatic rings. The van der Waals surface area contributed by atoms with Crippen LogP contribution in [0.25, 0.3) is 6.08 Å². The second-order valence-electron chi connectivity index (χ2n) is 6.66. The highest BCUT2D eigenvalue weighted by molar-refractivity contribution is 5.52. The van der Waals surface area contributed by atoms with Gasteiger partial charge >= 0.3 is 0 Å². The average molecular weight is 350 g/mol. The molecule has 0 aliphatic carbocycles. The third kappa shape index (κ3) is 4.49. The topological polar surface area (TPSA) is 41.4 Å². The standard InChI is InChI=1S/C21H26N4O/c1-3-10-25-11-9-22-20(21(25)26)24-14-12-23(13-15-24)17-18(2)16-19-7-5-4-6-8-19/h3-9,11,16H,1,10,12-15,17H2,2H3. The Balaban J connectivity index is 1.59. The van der Waals surface area contributed by atoms with Gasteiger partial charge in [-0.15, -0.1) is 6.58 Å². The van der Waals surface area contributed by atoms with E-state index in [0.717, 1.165) is 32.7 Å². The Morgan fingerprint density at radius 3 is 2.62 bits per heavy atom. The lowest BCUT2D eigenvalue weighted by atomic mass is 10.1. The van der Waals surface area contributed by atoms with Crippen molar-refractivity contribution < 1.29 is 0 Å². The number of anilines is 1. The molecule has 1 aliphatic heterocycles. The van der Waals surface area contributed by atoms with Gasteiger partial charge in [-0.2, -0.15) is 0 Å². The van der Waals surface area contributed by atoms with Gasteiger partial charge in [0, 0.05) is 51.7 Å². The summed E-state index contributed by atoms with van der Waals surface area (Å²) in [5.41, 5.74) is 2.54. The van der Waals surface area contributed by atoms with Gasteiger partial charge in [-0.05, 0) is 12.5 Å². The summed E-state index contributed by atoms with van der Waals surface area (Å²) in [7, 11) is 0. The van der Waals surface area contributed by atoms with Crippen LogP contribution in [0.15, 0.2) is 65.7 Å². The molecule has 0 unspecified atom stereocenters. The first-order chi connectivity index (χ1) is 12.7. The first-order valence-corrected chi connectivity index (χ1v) is 9.03. The van der Waals surface area contributed by atoms with Crippen molar-refractivity contribution >= 4 is 11.9 Å². The number of hydrogen-bond acceptors (Lipinski definition) is 4. The van der Waals surface area contributed by atoms with Crippen LogP contribution in [0.4, 0.5) is 5.82 Å². The summed E-state index contributed by atoms with van der Waals surface area (Å²) in [6, 6.07) is 10.4. The number of piperazine rings is 1. The summed E-state index contributed by atoms with van der Waals surface area (Å²) in [6.07, 6.45) is 7.37. The lowest BCUT2D eigenvalue weighted by Crippen LogP contribution is -2.49. The Morgan fingerprint density at radius 1 is 1.19 bits per heavy atom. The third-order valence-electron chi connectivity index (χ3n) is 4.58. The van der Waals surface area contributed by atoms with E-state index in [1.165, 1.54) is 11.1 Å². The molecule has 26 heavy (non-hydrogen) atoms. The van der Waals surface area contributed by atoms with E-state index in [1.54, 1.807) is 23.0 Å². The molecule has 3 rings (SSSR count). The third-order valence-corrected chi connectivity index (χ3v) is 4.58. The van der Waals surface area contributed by atoms with E-state index in [4.69, 9.17) is 0 Å².